The molecule has 1 amide bonds. The van der Waals surface area contributed by atoms with Crippen molar-refractivity contribution in [3.63, 3.8) is 0 Å². The van der Waals surface area contributed by atoms with Gasteiger partial charge in [0, 0.05) is 18.8 Å². The Morgan fingerprint density at radius 2 is 1.82 bits per heavy atom. The van der Waals surface area contributed by atoms with Crippen molar-refractivity contribution < 1.29 is 17.6 Å². The minimum Gasteiger partial charge on any atom is -0.374 e. The Morgan fingerprint density at radius 3 is 2.54 bits per heavy atom. The number of para-hydroxylation sites is 1. The molecule has 0 radical (unpaired) electrons. The molecule has 6 nitrogen and oxygen atoms in total. The van der Waals surface area contributed by atoms with Gasteiger partial charge < -0.3 is 10.6 Å². The van der Waals surface area contributed by atoms with Gasteiger partial charge in [0.2, 0.25) is 15.9 Å². The lowest BCUT2D eigenvalue weighted by Crippen LogP contribution is -2.36. The van der Waals surface area contributed by atoms with Crippen LogP contribution in [0, 0.1) is 12.7 Å². The Balaban J connectivity index is 1.70. The summed E-state index contributed by atoms with van der Waals surface area (Å²) in [5, 5.41) is 5.39. The molecule has 2 N–H and O–H groups in total. The molecule has 8 heteroatoms. The van der Waals surface area contributed by atoms with Gasteiger partial charge in [0.25, 0.3) is 0 Å². The number of halogens is 1. The van der Waals surface area contributed by atoms with Crippen LogP contribution in [0.3, 0.4) is 0 Å². The first kappa shape index (κ1) is 20.3. The lowest BCUT2D eigenvalue weighted by molar-refractivity contribution is -0.114. The summed E-state index contributed by atoms with van der Waals surface area (Å²) in [6.45, 7) is 2.64. The molecule has 150 valence electrons. The third-order valence-corrected chi connectivity index (χ3v) is 6.76. The molecule has 0 unspecified atom stereocenters. The SMILES string of the molecule is Cc1ccc(NC(=O)CNc2ccccc2F)cc1S(=O)(=O)N1CCCCC1. The first-order chi connectivity index (χ1) is 13.4. The van der Waals surface area contributed by atoms with Crippen LogP contribution in [0.2, 0.25) is 0 Å². The van der Waals surface area contributed by atoms with Crippen LogP contribution in [0.25, 0.3) is 0 Å². The summed E-state index contributed by atoms with van der Waals surface area (Å²) in [7, 11) is -3.60. The van der Waals surface area contributed by atoms with E-state index in [1.54, 1.807) is 31.2 Å². The zero-order valence-electron chi connectivity index (χ0n) is 15.7. The average molecular weight is 405 g/mol. The topological polar surface area (TPSA) is 78.5 Å². The van der Waals surface area contributed by atoms with Crippen molar-refractivity contribution in [3.8, 4) is 0 Å². The number of hydrogen-bond acceptors (Lipinski definition) is 4. The minimum absolute atomic E-state index is 0.136. The third-order valence-electron chi connectivity index (χ3n) is 4.72. The molecule has 0 bridgehead atoms. The number of piperidine rings is 1. The van der Waals surface area contributed by atoms with Gasteiger partial charge in [-0.3, -0.25) is 4.79 Å². The number of aryl methyl sites for hydroxylation is 1. The maximum Gasteiger partial charge on any atom is 0.243 e. The molecule has 0 saturated carbocycles. The summed E-state index contributed by atoms with van der Waals surface area (Å²) >= 11 is 0. The van der Waals surface area contributed by atoms with Gasteiger partial charge in [0.05, 0.1) is 17.1 Å². The number of hydrogen-bond donors (Lipinski definition) is 2. The average Bonchev–Trinajstić information content (AvgIpc) is 2.69. The number of benzene rings is 2. The van der Waals surface area contributed by atoms with Crippen LogP contribution in [0.1, 0.15) is 24.8 Å². The summed E-state index contributed by atoms with van der Waals surface area (Å²) in [5.74, 6) is -0.839. The largest absolute Gasteiger partial charge is 0.374 e. The first-order valence-corrected chi connectivity index (χ1v) is 10.7. The van der Waals surface area contributed by atoms with Crippen LogP contribution in [0.5, 0.6) is 0 Å². The predicted molar refractivity (Wildman–Crippen MR) is 107 cm³/mol. The second kappa shape index (κ2) is 8.70. The Morgan fingerprint density at radius 1 is 1.11 bits per heavy atom. The fourth-order valence-electron chi connectivity index (χ4n) is 3.19. The third kappa shape index (κ3) is 4.69. The van der Waals surface area contributed by atoms with Gasteiger partial charge in [-0.25, -0.2) is 12.8 Å². The number of carbonyl (C=O) groups excluding carboxylic acids is 1. The van der Waals surface area contributed by atoms with Gasteiger partial charge in [-0.2, -0.15) is 4.31 Å². The number of amides is 1. The zero-order chi connectivity index (χ0) is 20.1. The lowest BCUT2D eigenvalue weighted by Gasteiger charge is -2.26. The van der Waals surface area contributed by atoms with E-state index in [2.05, 4.69) is 10.6 Å². The highest BCUT2D eigenvalue weighted by Gasteiger charge is 2.27. The van der Waals surface area contributed by atoms with E-state index in [4.69, 9.17) is 0 Å². The summed E-state index contributed by atoms with van der Waals surface area (Å²) in [6.07, 6.45) is 2.75. The minimum atomic E-state index is -3.60. The summed E-state index contributed by atoms with van der Waals surface area (Å²) in [5.41, 5.74) is 1.25. The van der Waals surface area contributed by atoms with Crippen molar-refractivity contribution in [2.45, 2.75) is 31.1 Å². The van der Waals surface area contributed by atoms with E-state index in [-0.39, 0.29) is 17.1 Å². The molecule has 2 aromatic rings. The molecule has 0 spiro atoms. The summed E-state index contributed by atoms with van der Waals surface area (Å²) in [6, 6.07) is 10.9. The van der Waals surface area contributed by atoms with Crippen LogP contribution < -0.4 is 10.6 Å². The number of nitrogens with zero attached hydrogens (tertiary/aromatic N) is 1. The van der Waals surface area contributed by atoms with E-state index in [0.717, 1.165) is 19.3 Å². The fourth-order valence-corrected chi connectivity index (χ4v) is 4.95. The monoisotopic (exact) mass is 405 g/mol. The summed E-state index contributed by atoms with van der Waals surface area (Å²) in [4.78, 5) is 12.4. The molecule has 1 aliphatic rings. The van der Waals surface area contributed by atoms with Crippen LogP contribution in [0.15, 0.2) is 47.4 Å². The number of nitrogens with one attached hydrogen (secondary N) is 2. The fraction of sp³-hybridized carbons (Fsp3) is 0.350. The molecule has 28 heavy (non-hydrogen) atoms. The second-order valence-corrected chi connectivity index (χ2v) is 8.73. The Labute approximate surface area is 164 Å². The van der Waals surface area contributed by atoms with Crippen molar-refractivity contribution in [3.05, 3.63) is 53.8 Å². The number of carbonyl (C=O) groups is 1. The van der Waals surface area contributed by atoms with Gasteiger partial charge in [0.1, 0.15) is 5.82 Å². The molecular weight excluding hydrogens is 381 g/mol. The Hall–Kier alpha value is -2.45. The highest BCUT2D eigenvalue weighted by Crippen LogP contribution is 2.26. The van der Waals surface area contributed by atoms with Crippen molar-refractivity contribution >= 4 is 27.3 Å². The molecule has 0 aromatic heterocycles. The van der Waals surface area contributed by atoms with E-state index in [9.17, 15) is 17.6 Å². The molecule has 0 atom stereocenters. The van der Waals surface area contributed by atoms with E-state index in [1.807, 2.05) is 0 Å². The highest BCUT2D eigenvalue weighted by molar-refractivity contribution is 7.89. The van der Waals surface area contributed by atoms with Gasteiger partial charge >= 0.3 is 0 Å². The molecule has 1 heterocycles. The van der Waals surface area contributed by atoms with E-state index in [1.165, 1.54) is 22.5 Å². The number of sulfonamides is 1. The normalized spacial score (nSPS) is 15.2. The van der Waals surface area contributed by atoms with Crippen LogP contribution in [-0.4, -0.2) is 38.3 Å². The van der Waals surface area contributed by atoms with Crippen LogP contribution >= 0.6 is 0 Å². The molecular formula is C20H24FN3O3S. The quantitative estimate of drug-likeness (QED) is 0.773. The second-order valence-electron chi connectivity index (χ2n) is 6.83. The molecule has 1 aliphatic heterocycles. The molecule has 2 aromatic carbocycles. The number of anilines is 2. The van der Waals surface area contributed by atoms with Crippen molar-refractivity contribution in [1.82, 2.24) is 4.31 Å². The van der Waals surface area contributed by atoms with E-state index < -0.39 is 21.7 Å². The van der Waals surface area contributed by atoms with Gasteiger partial charge in [-0.05, 0) is 49.6 Å². The van der Waals surface area contributed by atoms with Crippen molar-refractivity contribution in [2.75, 3.05) is 30.3 Å². The van der Waals surface area contributed by atoms with E-state index in [0.29, 0.717) is 24.3 Å². The Kier molecular flexibility index (Phi) is 6.31. The van der Waals surface area contributed by atoms with Crippen LogP contribution in [-0.2, 0) is 14.8 Å². The standard InChI is InChI=1S/C20H24FN3O3S/c1-15-9-10-16(13-19(15)28(26,27)24-11-5-2-6-12-24)23-20(25)14-22-18-8-4-3-7-17(18)21/h3-4,7-10,13,22H,2,5-6,11-12,14H2,1H3,(H,23,25). The highest BCUT2D eigenvalue weighted by atomic mass is 32.2. The van der Waals surface area contributed by atoms with E-state index >= 15 is 0 Å². The Bertz CT molecular complexity index is 957. The first-order valence-electron chi connectivity index (χ1n) is 9.27. The molecule has 3 rings (SSSR count). The number of rotatable bonds is 6. The van der Waals surface area contributed by atoms with Gasteiger partial charge in [-0.1, -0.05) is 24.6 Å². The molecule has 1 fully saturated rings. The smallest absolute Gasteiger partial charge is 0.243 e. The van der Waals surface area contributed by atoms with Crippen molar-refractivity contribution in [1.29, 1.82) is 0 Å². The van der Waals surface area contributed by atoms with Gasteiger partial charge in [0.15, 0.2) is 0 Å². The predicted octanol–water partition coefficient (Wildman–Crippen LogP) is 3.36. The maximum atomic E-state index is 13.6. The summed E-state index contributed by atoms with van der Waals surface area (Å²) < 4.78 is 41.0. The lowest BCUT2D eigenvalue weighted by atomic mass is 10.2. The van der Waals surface area contributed by atoms with Gasteiger partial charge in [-0.15, -0.1) is 0 Å². The maximum absolute atomic E-state index is 13.6. The molecule has 1 saturated heterocycles. The van der Waals surface area contributed by atoms with Crippen LogP contribution in [0.4, 0.5) is 15.8 Å². The van der Waals surface area contributed by atoms with Crippen molar-refractivity contribution in [2.24, 2.45) is 0 Å². The molecule has 0 aliphatic carbocycles. The zero-order valence-corrected chi connectivity index (χ0v) is 16.6.